The van der Waals surface area contributed by atoms with Gasteiger partial charge in [-0.2, -0.15) is 5.10 Å². The van der Waals surface area contributed by atoms with Crippen molar-refractivity contribution in [2.45, 2.75) is 0 Å². The average Bonchev–Trinajstić information content (AvgIpc) is 2.92. The lowest BCUT2D eigenvalue weighted by Crippen LogP contribution is -2.07. The monoisotopic (exact) mass is 258 g/mol. The summed E-state index contributed by atoms with van der Waals surface area (Å²) in [6.07, 6.45) is 3.15. The van der Waals surface area contributed by atoms with E-state index in [1.165, 1.54) is 6.26 Å². The van der Waals surface area contributed by atoms with E-state index in [0.717, 1.165) is 5.56 Å². The molecular weight excluding hydrogens is 244 g/mol. The van der Waals surface area contributed by atoms with Crippen LogP contribution < -0.4 is 4.74 Å². The van der Waals surface area contributed by atoms with Gasteiger partial charge in [0.2, 0.25) is 5.76 Å². The van der Waals surface area contributed by atoms with E-state index in [0.29, 0.717) is 5.75 Å². The molecule has 2 aromatic rings. The Morgan fingerprint density at radius 1 is 1.26 bits per heavy atom. The van der Waals surface area contributed by atoms with Crippen LogP contribution in [0.1, 0.15) is 16.1 Å². The topological polar surface area (TPSA) is 55.0 Å². The Kier molecular flexibility index (Phi) is 3.97. The van der Waals surface area contributed by atoms with Gasteiger partial charge in [0.25, 0.3) is 0 Å². The first kappa shape index (κ1) is 12.9. The average molecular weight is 258 g/mol. The van der Waals surface area contributed by atoms with Crippen LogP contribution in [-0.4, -0.2) is 31.3 Å². The molecule has 0 fully saturated rings. The van der Waals surface area contributed by atoms with E-state index in [2.05, 4.69) is 5.10 Å². The molecule has 0 spiro atoms. The molecule has 19 heavy (non-hydrogen) atoms. The molecule has 0 aliphatic carbocycles. The summed E-state index contributed by atoms with van der Waals surface area (Å²) in [5.74, 6) is 0.126. The van der Waals surface area contributed by atoms with Gasteiger partial charge < -0.3 is 14.2 Å². The molecule has 0 radical (unpaired) electrons. The van der Waals surface area contributed by atoms with Gasteiger partial charge in [-0.1, -0.05) is 0 Å². The van der Waals surface area contributed by atoms with Gasteiger partial charge in [0.1, 0.15) is 5.75 Å². The summed E-state index contributed by atoms with van der Waals surface area (Å²) in [4.78, 5) is 11.6. The zero-order valence-corrected chi connectivity index (χ0v) is 10.7. The molecular formula is C14H14N2O3. The quantitative estimate of drug-likeness (QED) is 0.366. The normalized spacial score (nSPS) is 10.6. The minimum atomic E-state index is -0.514. The molecule has 5 heteroatoms. The van der Waals surface area contributed by atoms with Gasteiger partial charge in [-0.05, 0) is 42.0 Å². The van der Waals surface area contributed by atoms with Crippen molar-refractivity contribution in [3.63, 3.8) is 0 Å². The molecule has 1 heterocycles. The Balaban J connectivity index is 2.01. The largest absolute Gasteiger partial charge is 0.457 e. The molecule has 0 saturated carbocycles. The molecule has 1 aromatic carbocycles. The second-order valence-electron chi connectivity index (χ2n) is 4.03. The zero-order chi connectivity index (χ0) is 13.7. The lowest BCUT2D eigenvalue weighted by molar-refractivity contribution is 0.0701. The standard InChI is InChI=1S/C14H14N2O3/c1-16(2)15-10-11-5-7-12(8-6-11)19-14(17)13-4-3-9-18-13/h3-10H,1-2H3/b15-10-. The summed E-state index contributed by atoms with van der Waals surface area (Å²) in [5.41, 5.74) is 0.923. The van der Waals surface area contributed by atoms with E-state index in [1.807, 2.05) is 26.2 Å². The Bertz CT molecular complexity index is 557. The molecule has 98 valence electrons. The SMILES string of the molecule is CN(C)/N=C\c1ccc(OC(=O)c2ccco2)cc1. The number of esters is 1. The maximum absolute atomic E-state index is 11.6. The van der Waals surface area contributed by atoms with Crippen LogP contribution >= 0.6 is 0 Å². The van der Waals surface area contributed by atoms with Gasteiger partial charge in [0, 0.05) is 14.1 Å². The smallest absolute Gasteiger partial charge is 0.379 e. The fourth-order valence-corrected chi connectivity index (χ4v) is 1.36. The zero-order valence-electron chi connectivity index (χ0n) is 10.7. The third-order valence-electron chi connectivity index (χ3n) is 2.25. The number of ether oxygens (including phenoxy) is 1. The molecule has 5 nitrogen and oxygen atoms in total. The van der Waals surface area contributed by atoms with E-state index in [-0.39, 0.29) is 5.76 Å². The van der Waals surface area contributed by atoms with Crippen molar-refractivity contribution in [1.29, 1.82) is 0 Å². The van der Waals surface area contributed by atoms with Crippen LogP contribution in [0.25, 0.3) is 0 Å². The molecule has 0 atom stereocenters. The van der Waals surface area contributed by atoms with Gasteiger partial charge in [0.15, 0.2) is 0 Å². The number of hydrogen-bond acceptors (Lipinski definition) is 5. The van der Waals surface area contributed by atoms with Gasteiger partial charge in [0.05, 0.1) is 12.5 Å². The van der Waals surface area contributed by atoms with Crippen LogP contribution in [0.4, 0.5) is 0 Å². The van der Waals surface area contributed by atoms with Crippen molar-refractivity contribution in [3.8, 4) is 5.75 Å². The van der Waals surface area contributed by atoms with Crippen molar-refractivity contribution < 1.29 is 13.9 Å². The third kappa shape index (κ3) is 3.70. The fraction of sp³-hybridized carbons (Fsp3) is 0.143. The summed E-state index contributed by atoms with van der Waals surface area (Å²) in [5, 5.41) is 5.81. The third-order valence-corrected chi connectivity index (χ3v) is 2.25. The Labute approximate surface area is 111 Å². The Morgan fingerprint density at radius 3 is 2.58 bits per heavy atom. The number of carbonyl (C=O) groups excluding carboxylic acids is 1. The van der Waals surface area contributed by atoms with Crippen LogP contribution in [-0.2, 0) is 0 Å². The number of hydrazone groups is 1. The summed E-state index contributed by atoms with van der Waals surface area (Å²) in [7, 11) is 3.69. The number of carbonyl (C=O) groups is 1. The van der Waals surface area contributed by atoms with Crippen molar-refractivity contribution in [2.24, 2.45) is 5.10 Å². The van der Waals surface area contributed by atoms with Gasteiger partial charge in [-0.15, -0.1) is 0 Å². The Hall–Kier alpha value is -2.56. The highest BCUT2D eigenvalue weighted by molar-refractivity contribution is 5.88. The van der Waals surface area contributed by atoms with Gasteiger partial charge in [-0.25, -0.2) is 4.79 Å². The molecule has 1 aromatic heterocycles. The first-order chi connectivity index (χ1) is 9.15. The lowest BCUT2D eigenvalue weighted by Gasteiger charge is -2.04. The highest BCUT2D eigenvalue weighted by Crippen LogP contribution is 2.13. The summed E-state index contributed by atoms with van der Waals surface area (Å²) in [6.45, 7) is 0. The molecule has 0 saturated heterocycles. The predicted octanol–water partition coefficient (Wildman–Crippen LogP) is 2.39. The molecule has 0 aliphatic rings. The molecule has 0 unspecified atom stereocenters. The summed E-state index contributed by atoms with van der Waals surface area (Å²) in [6, 6.07) is 10.2. The van der Waals surface area contributed by atoms with Crippen molar-refractivity contribution in [2.75, 3.05) is 14.1 Å². The van der Waals surface area contributed by atoms with E-state index >= 15 is 0 Å². The van der Waals surface area contributed by atoms with Crippen molar-refractivity contribution in [1.82, 2.24) is 5.01 Å². The number of nitrogens with zero attached hydrogens (tertiary/aromatic N) is 2. The van der Waals surface area contributed by atoms with Crippen molar-refractivity contribution >= 4 is 12.2 Å². The molecule has 0 amide bonds. The molecule has 0 N–H and O–H groups in total. The van der Waals surface area contributed by atoms with E-state index < -0.39 is 5.97 Å². The number of hydrogen-bond donors (Lipinski definition) is 0. The first-order valence-electron chi connectivity index (χ1n) is 5.72. The predicted molar refractivity (Wildman–Crippen MR) is 71.4 cm³/mol. The minimum Gasteiger partial charge on any atom is -0.457 e. The highest BCUT2D eigenvalue weighted by atomic mass is 16.5. The fourth-order valence-electron chi connectivity index (χ4n) is 1.36. The van der Waals surface area contributed by atoms with Gasteiger partial charge in [-0.3, -0.25) is 0 Å². The highest BCUT2D eigenvalue weighted by Gasteiger charge is 2.10. The summed E-state index contributed by atoms with van der Waals surface area (Å²) >= 11 is 0. The minimum absolute atomic E-state index is 0.179. The first-order valence-corrected chi connectivity index (χ1v) is 5.72. The van der Waals surface area contributed by atoms with E-state index in [9.17, 15) is 4.79 Å². The van der Waals surface area contributed by atoms with Crippen LogP contribution in [0.15, 0.2) is 52.2 Å². The second kappa shape index (κ2) is 5.86. The van der Waals surface area contributed by atoms with Gasteiger partial charge >= 0.3 is 5.97 Å². The van der Waals surface area contributed by atoms with E-state index in [4.69, 9.17) is 9.15 Å². The number of furan rings is 1. The Morgan fingerprint density at radius 2 is 2.00 bits per heavy atom. The number of benzene rings is 1. The lowest BCUT2D eigenvalue weighted by atomic mass is 10.2. The molecule has 2 rings (SSSR count). The van der Waals surface area contributed by atoms with Crippen molar-refractivity contribution in [3.05, 3.63) is 54.0 Å². The van der Waals surface area contributed by atoms with Crippen LogP contribution in [0.2, 0.25) is 0 Å². The van der Waals surface area contributed by atoms with Crippen LogP contribution in [0.5, 0.6) is 5.75 Å². The van der Waals surface area contributed by atoms with Crippen LogP contribution in [0, 0.1) is 0 Å². The van der Waals surface area contributed by atoms with E-state index in [1.54, 1.807) is 35.5 Å². The molecule has 0 bridgehead atoms. The van der Waals surface area contributed by atoms with Crippen LogP contribution in [0.3, 0.4) is 0 Å². The maximum Gasteiger partial charge on any atom is 0.379 e. The summed E-state index contributed by atoms with van der Waals surface area (Å²) < 4.78 is 10.1. The maximum atomic E-state index is 11.6. The molecule has 0 aliphatic heterocycles. The second-order valence-corrected chi connectivity index (χ2v) is 4.03. The number of rotatable bonds is 4.